The Labute approximate surface area is 116 Å². The number of halogens is 2. The Morgan fingerprint density at radius 2 is 2.06 bits per heavy atom. The Morgan fingerprint density at radius 1 is 1.28 bits per heavy atom. The molecule has 0 aromatic carbocycles. The average Bonchev–Trinajstić information content (AvgIpc) is 2.80. The molecule has 0 saturated heterocycles. The van der Waals surface area contributed by atoms with E-state index >= 15 is 0 Å². The molecule has 0 atom stereocenters. The molecule has 0 amide bonds. The van der Waals surface area contributed by atoms with E-state index in [0.717, 1.165) is 18.8 Å². The molecule has 2 rings (SSSR count). The van der Waals surface area contributed by atoms with E-state index < -0.39 is 0 Å². The number of anilines is 1. The second-order valence-corrected chi connectivity index (χ2v) is 4.54. The van der Waals surface area contributed by atoms with Gasteiger partial charge in [0.1, 0.15) is 11.6 Å². The summed E-state index contributed by atoms with van der Waals surface area (Å²) in [4.78, 5) is 8.72. The lowest BCUT2D eigenvalue weighted by atomic mass is 10.4. The number of rotatable bonds is 4. The molecule has 2 heterocycles. The Kier molecular flexibility index (Phi) is 4.09. The van der Waals surface area contributed by atoms with Gasteiger partial charge in [0.2, 0.25) is 0 Å². The van der Waals surface area contributed by atoms with Gasteiger partial charge in [-0.1, -0.05) is 30.1 Å². The fraction of sp³-hybridized carbons (Fsp3) is 0.333. The van der Waals surface area contributed by atoms with Crippen molar-refractivity contribution in [3.05, 3.63) is 34.3 Å². The zero-order valence-electron chi connectivity index (χ0n) is 10.2. The number of hydrogen-bond acceptors (Lipinski definition) is 3. The molecule has 96 valence electrons. The largest absolute Gasteiger partial charge is 0.369 e. The van der Waals surface area contributed by atoms with Crippen molar-refractivity contribution in [1.29, 1.82) is 0 Å². The van der Waals surface area contributed by atoms with Gasteiger partial charge in [0, 0.05) is 25.4 Å². The van der Waals surface area contributed by atoms with Gasteiger partial charge < -0.3 is 5.32 Å². The Balaban J connectivity index is 2.53. The van der Waals surface area contributed by atoms with Crippen molar-refractivity contribution < 1.29 is 0 Å². The van der Waals surface area contributed by atoms with E-state index in [0.29, 0.717) is 21.7 Å². The molecule has 0 radical (unpaired) electrons. The standard InChI is InChI=1S/C12H14Cl2N4/c1-3-10-16-5-6-18(10)12-9(14)7-8(13)11(17-12)15-4-2/h5-7H,3-4H2,1-2H3,(H,15,17). The summed E-state index contributed by atoms with van der Waals surface area (Å²) >= 11 is 12.3. The number of nitrogens with one attached hydrogen (secondary N) is 1. The van der Waals surface area contributed by atoms with E-state index in [-0.39, 0.29) is 0 Å². The Bertz CT molecular complexity index is 551. The molecule has 4 nitrogen and oxygen atoms in total. The molecular weight excluding hydrogens is 271 g/mol. The van der Waals surface area contributed by atoms with Crippen LogP contribution < -0.4 is 5.32 Å². The number of nitrogens with zero attached hydrogens (tertiary/aromatic N) is 3. The van der Waals surface area contributed by atoms with E-state index in [1.165, 1.54) is 0 Å². The number of aromatic nitrogens is 3. The maximum Gasteiger partial charge on any atom is 0.159 e. The normalized spacial score (nSPS) is 10.7. The summed E-state index contributed by atoms with van der Waals surface area (Å²) < 4.78 is 1.87. The summed E-state index contributed by atoms with van der Waals surface area (Å²) in [5, 5.41) is 4.13. The number of imidazole rings is 1. The number of aryl methyl sites for hydroxylation is 1. The highest BCUT2D eigenvalue weighted by Gasteiger charge is 2.12. The predicted molar refractivity (Wildman–Crippen MR) is 74.9 cm³/mol. The van der Waals surface area contributed by atoms with Crippen LogP contribution in [0.5, 0.6) is 0 Å². The van der Waals surface area contributed by atoms with Crippen LogP contribution in [0.2, 0.25) is 10.0 Å². The summed E-state index contributed by atoms with van der Waals surface area (Å²) in [5.74, 6) is 2.19. The molecule has 0 unspecified atom stereocenters. The van der Waals surface area contributed by atoms with E-state index in [2.05, 4.69) is 15.3 Å². The Hall–Kier alpha value is -1.26. The fourth-order valence-corrected chi connectivity index (χ4v) is 2.22. The van der Waals surface area contributed by atoms with E-state index in [4.69, 9.17) is 23.2 Å². The van der Waals surface area contributed by atoms with Gasteiger partial charge in [0.15, 0.2) is 5.82 Å². The van der Waals surface area contributed by atoms with Crippen LogP contribution in [0.25, 0.3) is 5.82 Å². The first-order valence-corrected chi connectivity index (χ1v) is 6.55. The van der Waals surface area contributed by atoms with Gasteiger partial charge in [-0.15, -0.1) is 0 Å². The van der Waals surface area contributed by atoms with Gasteiger partial charge in [-0.25, -0.2) is 9.97 Å². The van der Waals surface area contributed by atoms with Crippen LogP contribution in [0.4, 0.5) is 5.82 Å². The van der Waals surface area contributed by atoms with Crippen LogP contribution in [-0.4, -0.2) is 21.1 Å². The van der Waals surface area contributed by atoms with E-state index in [1.807, 2.05) is 24.6 Å². The lowest BCUT2D eigenvalue weighted by Crippen LogP contribution is -2.06. The van der Waals surface area contributed by atoms with Crippen LogP contribution >= 0.6 is 23.2 Å². The maximum atomic E-state index is 6.20. The zero-order chi connectivity index (χ0) is 13.1. The highest BCUT2D eigenvalue weighted by Crippen LogP contribution is 2.28. The third-order valence-corrected chi connectivity index (χ3v) is 3.08. The lowest BCUT2D eigenvalue weighted by Gasteiger charge is -2.11. The van der Waals surface area contributed by atoms with Crippen LogP contribution in [0.15, 0.2) is 18.5 Å². The van der Waals surface area contributed by atoms with Crippen LogP contribution in [0, 0.1) is 0 Å². The monoisotopic (exact) mass is 284 g/mol. The first kappa shape index (κ1) is 13.2. The van der Waals surface area contributed by atoms with Crippen molar-refractivity contribution in [3.63, 3.8) is 0 Å². The fourth-order valence-electron chi connectivity index (χ4n) is 1.71. The SMILES string of the molecule is CCNc1nc(-n2ccnc2CC)c(Cl)cc1Cl. The molecule has 0 aliphatic heterocycles. The highest BCUT2D eigenvalue weighted by molar-refractivity contribution is 6.36. The van der Waals surface area contributed by atoms with Gasteiger partial charge in [-0.3, -0.25) is 4.57 Å². The van der Waals surface area contributed by atoms with Crippen molar-refractivity contribution in [2.75, 3.05) is 11.9 Å². The molecule has 0 bridgehead atoms. The van der Waals surface area contributed by atoms with Crippen molar-refractivity contribution >= 4 is 29.0 Å². The van der Waals surface area contributed by atoms with Crippen LogP contribution in [0.3, 0.4) is 0 Å². The summed E-state index contributed by atoms with van der Waals surface area (Å²) in [5.41, 5.74) is 0. The highest BCUT2D eigenvalue weighted by atomic mass is 35.5. The third-order valence-electron chi connectivity index (χ3n) is 2.52. The van der Waals surface area contributed by atoms with Gasteiger partial charge in [0.25, 0.3) is 0 Å². The van der Waals surface area contributed by atoms with E-state index in [9.17, 15) is 0 Å². The second-order valence-electron chi connectivity index (χ2n) is 3.72. The summed E-state index contributed by atoms with van der Waals surface area (Å²) in [6, 6.07) is 1.70. The van der Waals surface area contributed by atoms with Gasteiger partial charge in [0.05, 0.1) is 10.0 Å². The lowest BCUT2D eigenvalue weighted by molar-refractivity contribution is 0.867. The molecule has 18 heavy (non-hydrogen) atoms. The van der Waals surface area contributed by atoms with Crippen molar-refractivity contribution in [2.24, 2.45) is 0 Å². The minimum Gasteiger partial charge on any atom is -0.369 e. The number of hydrogen-bond donors (Lipinski definition) is 1. The quantitative estimate of drug-likeness (QED) is 0.933. The third kappa shape index (κ3) is 2.44. The summed E-state index contributed by atoms with van der Waals surface area (Å²) in [7, 11) is 0. The molecule has 0 aliphatic rings. The summed E-state index contributed by atoms with van der Waals surface area (Å²) in [6.45, 7) is 4.77. The van der Waals surface area contributed by atoms with Gasteiger partial charge in [-0.2, -0.15) is 0 Å². The predicted octanol–water partition coefficient (Wildman–Crippen LogP) is 3.57. The summed E-state index contributed by atoms with van der Waals surface area (Å²) in [6.07, 6.45) is 4.39. The average molecular weight is 285 g/mol. The molecule has 0 aliphatic carbocycles. The smallest absolute Gasteiger partial charge is 0.159 e. The molecule has 2 aromatic rings. The van der Waals surface area contributed by atoms with Crippen LogP contribution in [-0.2, 0) is 6.42 Å². The van der Waals surface area contributed by atoms with Crippen molar-refractivity contribution in [2.45, 2.75) is 20.3 Å². The molecule has 0 saturated carbocycles. The molecule has 0 spiro atoms. The van der Waals surface area contributed by atoms with Gasteiger partial charge in [-0.05, 0) is 13.0 Å². The topological polar surface area (TPSA) is 42.7 Å². The maximum absolute atomic E-state index is 6.20. The molecule has 2 aromatic heterocycles. The molecular formula is C12H14Cl2N4. The minimum absolute atomic E-state index is 0.509. The first-order chi connectivity index (χ1) is 8.67. The van der Waals surface area contributed by atoms with Crippen LogP contribution in [0.1, 0.15) is 19.7 Å². The van der Waals surface area contributed by atoms with Gasteiger partial charge >= 0.3 is 0 Å². The Morgan fingerprint density at radius 3 is 2.72 bits per heavy atom. The molecule has 0 fully saturated rings. The minimum atomic E-state index is 0.509. The second kappa shape index (κ2) is 5.59. The first-order valence-electron chi connectivity index (χ1n) is 5.79. The zero-order valence-corrected chi connectivity index (χ0v) is 11.8. The van der Waals surface area contributed by atoms with E-state index in [1.54, 1.807) is 12.3 Å². The van der Waals surface area contributed by atoms with Crippen molar-refractivity contribution in [3.8, 4) is 5.82 Å². The molecule has 1 N–H and O–H groups in total. The number of pyridine rings is 1. The van der Waals surface area contributed by atoms with Crippen molar-refractivity contribution in [1.82, 2.24) is 14.5 Å². The molecule has 6 heteroatoms.